The van der Waals surface area contributed by atoms with Crippen molar-refractivity contribution >= 4 is 22.4 Å². The van der Waals surface area contributed by atoms with Crippen molar-refractivity contribution in [1.82, 2.24) is 24.7 Å². The van der Waals surface area contributed by atoms with Crippen molar-refractivity contribution in [2.45, 2.75) is 25.8 Å². The van der Waals surface area contributed by atoms with Crippen LogP contribution in [-0.4, -0.2) is 39.0 Å². The Labute approximate surface area is 158 Å². The van der Waals surface area contributed by atoms with Gasteiger partial charge in [0.25, 0.3) is 0 Å². The van der Waals surface area contributed by atoms with Crippen molar-refractivity contribution in [3.05, 3.63) is 60.3 Å². The predicted molar refractivity (Wildman–Crippen MR) is 108 cm³/mol. The first-order valence-corrected chi connectivity index (χ1v) is 9.59. The molecule has 5 rings (SSSR count). The lowest BCUT2D eigenvalue weighted by molar-refractivity contribution is 0.462. The van der Waals surface area contributed by atoms with E-state index in [1.54, 1.807) is 0 Å². The first-order valence-electron chi connectivity index (χ1n) is 9.59. The molecule has 4 aromatic heterocycles. The highest BCUT2D eigenvalue weighted by Crippen LogP contribution is 2.31. The second kappa shape index (κ2) is 6.39. The van der Waals surface area contributed by atoms with Gasteiger partial charge in [0, 0.05) is 48.8 Å². The van der Waals surface area contributed by atoms with Crippen LogP contribution in [0.15, 0.2) is 48.9 Å². The average molecular weight is 360 g/mol. The van der Waals surface area contributed by atoms with Crippen LogP contribution in [0.4, 0.5) is 5.69 Å². The number of aromatic nitrogens is 4. The summed E-state index contributed by atoms with van der Waals surface area (Å²) in [6, 6.07) is 10.8. The molecule has 2 N–H and O–H groups in total. The summed E-state index contributed by atoms with van der Waals surface area (Å²) in [5.74, 6) is 0.397. The van der Waals surface area contributed by atoms with Crippen molar-refractivity contribution in [1.29, 1.82) is 0 Å². The van der Waals surface area contributed by atoms with E-state index in [4.69, 9.17) is 4.98 Å². The fourth-order valence-electron chi connectivity index (χ4n) is 3.97. The van der Waals surface area contributed by atoms with Gasteiger partial charge in [-0.25, -0.2) is 9.97 Å². The van der Waals surface area contributed by atoms with Gasteiger partial charge in [0.15, 0.2) is 0 Å². The molecule has 6 heteroatoms. The molecule has 1 saturated heterocycles. The largest absolute Gasteiger partial charge is 0.368 e. The summed E-state index contributed by atoms with van der Waals surface area (Å²) >= 11 is 0. The van der Waals surface area contributed by atoms with Gasteiger partial charge in [-0.2, -0.15) is 0 Å². The number of fused-ring (bicyclic) bond motifs is 2. The first kappa shape index (κ1) is 16.3. The molecule has 4 aromatic rings. The smallest absolute Gasteiger partial charge is 0.139 e. The summed E-state index contributed by atoms with van der Waals surface area (Å²) in [4.78, 5) is 15.1. The zero-order chi connectivity index (χ0) is 18.4. The van der Waals surface area contributed by atoms with Crippen molar-refractivity contribution in [3.8, 4) is 0 Å². The van der Waals surface area contributed by atoms with Crippen molar-refractivity contribution in [2.75, 3.05) is 24.5 Å². The third-order valence-electron chi connectivity index (χ3n) is 5.44. The summed E-state index contributed by atoms with van der Waals surface area (Å²) in [6.07, 6.45) is 6.07. The molecule has 0 saturated carbocycles. The van der Waals surface area contributed by atoms with Crippen molar-refractivity contribution < 1.29 is 0 Å². The molecule has 1 aliphatic rings. The molecule has 0 bridgehead atoms. The van der Waals surface area contributed by atoms with E-state index in [2.05, 4.69) is 62.8 Å². The molecular formula is C21H24N6. The Kier molecular flexibility index (Phi) is 3.86. The maximum atomic E-state index is 4.79. The molecule has 0 unspecified atom stereocenters. The fraction of sp³-hybridized carbons (Fsp3) is 0.333. The molecule has 0 aliphatic carbocycles. The molecule has 1 atom stereocenters. The lowest BCUT2D eigenvalue weighted by atomic mass is 10.1. The molecule has 27 heavy (non-hydrogen) atoms. The standard InChI is InChI=1S/C21H24N6/c1-14(2)16-11-18(15-6-7-23-21(15)25-16)26-10-8-22-17(13-26)19-12-24-20-5-3-4-9-27(19)20/h3-7,9,11-12,14,17,22H,8,10,13H2,1-2H3,(H,23,25)/t17-/m1/s1. The maximum absolute atomic E-state index is 4.79. The molecule has 0 amide bonds. The molecule has 138 valence electrons. The molecule has 0 radical (unpaired) electrons. The zero-order valence-corrected chi connectivity index (χ0v) is 15.7. The molecule has 5 heterocycles. The van der Waals surface area contributed by atoms with Crippen LogP contribution in [0.5, 0.6) is 0 Å². The van der Waals surface area contributed by atoms with Crippen LogP contribution in [0.3, 0.4) is 0 Å². The van der Waals surface area contributed by atoms with Crippen LogP contribution >= 0.6 is 0 Å². The molecule has 1 aliphatic heterocycles. The molecule has 1 fully saturated rings. The third-order valence-corrected chi connectivity index (χ3v) is 5.44. The maximum Gasteiger partial charge on any atom is 0.139 e. The van der Waals surface area contributed by atoms with E-state index in [1.165, 1.54) is 16.8 Å². The van der Waals surface area contributed by atoms with Crippen molar-refractivity contribution in [2.24, 2.45) is 0 Å². The Morgan fingerprint density at radius 3 is 3.04 bits per heavy atom. The van der Waals surface area contributed by atoms with Crippen LogP contribution in [-0.2, 0) is 0 Å². The quantitative estimate of drug-likeness (QED) is 0.587. The number of pyridine rings is 2. The number of nitrogens with one attached hydrogen (secondary N) is 2. The van der Waals surface area contributed by atoms with E-state index in [1.807, 2.05) is 24.5 Å². The number of nitrogens with zero attached hydrogens (tertiary/aromatic N) is 4. The normalized spacial score (nSPS) is 18.0. The number of anilines is 1. The van der Waals surface area contributed by atoms with Gasteiger partial charge in [-0.1, -0.05) is 19.9 Å². The van der Waals surface area contributed by atoms with Gasteiger partial charge < -0.3 is 19.6 Å². The monoisotopic (exact) mass is 360 g/mol. The first-order chi connectivity index (χ1) is 13.2. The fourth-order valence-corrected chi connectivity index (χ4v) is 3.97. The number of rotatable bonds is 3. The Balaban J connectivity index is 1.53. The number of hydrogen-bond donors (Lipinski definition) is 2. The van der Waals surface area contributed by atoms with Gasteiger partial charge in [0.2, 0.25) is 0 Å². The highest BCUT2D eigenvalue weighted by atomic mass is 15.2. The Morgan fingerprint density at radius 1 is 1.22 bits per heavy atom. The highest BCUT2D eigenvalue weighted by molar-refractivity contribution is 5.90. The highest BCUT2D eigenvalue weighted by Gasteiger charge is 2.25. The van der Waals surface area contributed by atoms with E-state index in [0.717, 1.165) is 36.6 Å². The van der Waals surface area contributed by atoms with E-state index in [0.29, 0.717) is 5.92 Å². The van der Waals surface area contributed by atoms with Crippen LogP contribution in [0.25, 0.3) is 16.7 Å². The van der Waals surface area contributed by atoms with Gasteiger partial charge >= 0.3 is 0 Å². The minimum absolute atomic E-state index is 0.237. The van der Waals surface area contributed by atoms with E-state index < -0.39 is 0 Å². The molecular weight excluding hydrogens is 336 g/mol. The summed E-state index contributed by atoms with van der Waals surface area (Å²) < 4.78 is 2.18. The molecule has 0 spiro atoms. The minimum Gasteiger partial charge on any atom is -0.368 e. The van der Waals surface area contributed by atoms with Gasteiger partial charge in [-0.05, 0) is 30.2 Å². The van der Waals surface area contributed by atoms with E-state index >= 15 is 0 Å². The van der Waals surface area contributed by atoms with Crippen LogP contribution in [0.2, 0.25) is 0 Å². The second-order valence-corrected chi connectivity index (χ2v) is 7.53. The number of aromatic amines is 1. The Morgan fingerprint density at radius 2 is 2.15 bits per heavy atom. The summed E-state index contributed by atoms with van der Waals surface area (Å²) in [5.41, 5.74) is 5.57. The lowest BCUT2D eigenvalue weighted by Crippen LogP contribution is -2.46. The third kappa shape index (κ3) is 2.77. The topological polar surface area (TPSA) is 61.2 Å². The van der Waals surface area contributed by atoms with Crippen LogP contribution in [0, 0.1) is 0 Å². The lowest BCUT2D eigenvalue weighted by Gasteiger charge is -2.35. The van der Waals surface area contributed by atoms with Crippen LogP contribution in [0.1, 0.15) is 37.2 Å². The SMILES string of the molecule is CC(C)c1cc(N2CCN[C@@H](c3cnc4ccccn34)C2)c2cc[nH]c2n1. The summed E-state index contributed by atoms with van der Waals surface area (Å²) in [5, 5.41) is 4.86. The average Bonchev–Trinajstić information content (AvgIpc) is 3.34. The Hall–Kier alpha value is -2.86. The van der Waals surface area contributed by atoms with Gasteiger partial charge in [-0.3, -0.25) is 0 Å². The summed E-state index contributed by atoms with van der Waals surface area (Å²) in [7, 11) is 0. The van der Waals surface area contributed by atoms with E-state index in [9.17, 15) is 0 Å². The van der Waals surface area contributed by atoms with Crippen LogP contribution < -0.4 is 10.2 Å². The molecule has 0 aromatic carbocycles. The van der Waals surface area contributed by atoms with E-state index in [-0.39, 0.29) is 6.04 Å². The number of piperazine rings is 1. The zero-order valence-electron chi connectivity index (χ0n) is 15.7. The molecule has 6 nitrogen and oxygen atoms in total. The van der Waals surface area contributed by atoms with Gasteiger partial charge in [0.05, 0.1) is 17.9 Å². The predicted octanol–water partition coefficient (Wildman–Crippen LogP) is 3.48. The summed E-state index contributed by atoms with van der Waals surface area (Å²) in [6.45, 7) is 7.22. The number of imidazole rings is 1. The number of hydrogen-bond acceptors (Lipinski definition) is 4. The number of H-pyrrole nitrogens is 1. The Bertz CT molecular complexity index is 1090. The minimum atomic E-state index is 0.237. The van der Waals surface area contributed by atoms with Crippen molar-refractivity contribution in [3.63, 3.8) is 0 Å². The van der Waals surface area contributed by atoms with Gasteiger partial charge in [-0.15, -0.1) is 0 Å². The second-order valence-electron chi connectivity index (χ2n) is 7.53. The van der Waals surface area contributed by atoms with Gasteiger partial charge in [0.1, 0.15) is 11.3 Å².